The van der Waals surface area contributed by atoms with Crippen molar-refractivity contribution in [3.8, 4) is 0 Å². The minimum atomic E-state index is -0.404. The summed E-state index contributed by atoms with van der Waals surface area (Å²) in [4.78, 5) is 0. The average Bonchev–Trinajstić information content (AvgIpc) is 2.24. The van der Waals surface area contributed by atoms with E-state index in [2.05, 4.69) is 33.8 Å². The standard InChI is InChI=1S/C15H26O/c1-5-15(16)9-8-13-12(10-15)7-6-11(2)14(13,3)4/h7,11,13,16H,5-6,8-10H2,1-4H3. The number of hydrogen-bond acceptors (Lipinski definition) is 1. The van der Waals surface area contributed by atoms with Gasteiger partial charge in [0.25, 0.3) is 0 Å². The van der Waals surface area contributed by atoms with Crippen molar-refractivity contribution in [2.75, 3.05) is 0 Å². The Morgan fingerprint density at radius 2 is 2.12 bits per heavy atom. The molecule has 0 aromatic carbocycles. The van der Waals surface area contributed by atoms with Crippen molar-refractivity contribution in [1.29, 1.82) is 0 Å². The normalized spacial score (nSPS) is 42.4. The second kappa shape index (κ2) is 3.87. The molecule has 1 fully saturated rings. The SMILES string of the molecule is CCC1(O)CCC2C(=CCC(C)C2(C)C)C1. The van der Waals surface area contributed by atoms with E-state index in [1.807, 2.05) is 0 Å². The van der Waals surface area contributed by atoms with Crippen LogP contribution in [-0.2, 0) is 0 Å². The van der Waals surface area contributed by atoms with Gasteiger partial charge in [-0.3, -0.25) is 0 Å². The van der Waals surface area contributed by atoms with Gasteiger partial charge in [0.2, 0.25) is 0 Å². The zero-order valence-electron chi connectivity index (χ0n) is 11.2. The van der Waals surface area contributed by atoms with Crippen LogP contribution in [0.4, 0.5) is 0 Å². The Labute approximate surface area is 99.9 Å². The second-order valence-corrected chi connectivity index (χ2v) is 6.58. The lowest BCUT2D eigenvalue weighted by Crippen LogP contribution is -2.43. The number of allylic oxidation sites excluding steroid dienone is 1. The summed E-state index contributed by atoms with van der Waals surface area (Å²) in [5.74, 6) is 1.48. The van der Waals surface area contributed by atoms with Gasteiger partial charge < -0.3 is 5.11 Å². The molecule has 1 heteroatoms. The summed E-state index contributed by atoms with van der Waals surface area (Å²) >= 11 is 0. The molecule has 3 atom stereocenters. The van der Waals surface area contributed by atoms with Crippen molar-refractivity contribution in [2.45, 2.75) is 65.4 Å². The van der Waals surface area contributed by atoms with Gasteiger partial charge in [0.05, 0.1) is 5.60 Å². The first-order valence-corrected chi connectivity index (χ1v) is 6.80. The fourth-order valence-corrected chi connectivity index (χ4v) is 3.53. The minimum Gasteiger partial charge on any atom is -0.390 e. The molecule has 3 unspecified atom stereocenters. The van der Waals surface area contributed by atoms with Crippen LogP contribution in [0.2, 0.25) is 0 Å². The van der Waals surface area contributed by atoms with Gasteiger partial charge in [0, 0.05) is 0 Å². The summed E-state index contributed by atoms with van der Waals surface area (Å²) in [6.07, 6.45) is 7.59. The molecular formula is C15H26O. The van der Waals surface area contributed by atoms with E-state index in [1.54, 1.807) is 5.57 Å². The lowest BCUT2D eigenvalue weighted by molar-refractivity contribution is -0.0160. The highest BCUT2D eigenvalue weighted by Crippen LogP contribution is 2.52. The highest BCUT2D eigenvalue weighted by Gasteiger charge is 2.44. The average molecular weight is 222 g/mol. The quantitative estimate of drug-likeness (QED) is 0.667. The molecule has 16 heavy (non-hydrogen) atoms. The van der Waals surface area contributed by atoms with E-state index in [9.17, 15) is 5.11 Å². The smallest absolute Gasteiger partial charge is 0.0682 e. The van der Waals surface area contributed by atoms with Crippen LogP contribution in [-0.4, -0.2) is 10.7 Å². The Bertz CT molecular complexity index is 303. The molecule has 1 nitrogen and oxygen atoms in total. The zero-order chi connectivity index (χ0) is 12.0. The van der Waals surface area contributed by atoms with E-state index in [0.717, 1.165) is 25.2 Å². The fraction of sp³-hybridized carbons (Fsp3) is 0.867. The third kappa shape index (κ3) is 1.84. The summed E-state index contributed by atoms with van der Waals surface area (Å²) in [6.45, 7) is 9.29. The van der Waals surface area contributed by atoms with Gasteiger partial charge in [-0.1, -0.05) is 39.3 Å². The summed E-state index contributed by atoms with van der Waals surface area (Å²) in [5, 5.41) is 10.4. The van der Waals surface area contributed by atoms with Crippen LogP contribution in [0, 0.1) is 17.3 Å². The first-order chi connectivity index (χ1) is 7.39. The number of hydrogen-bond donors (Lipinski definition) is 1. The largest absolute Gasteiger partial charge is 0.390 e. The molecule has 0 heterocycles. The Morgan fingerprint density at radius 1 is 1.44 bits per heavy atom. The van der Waals surface area contributed by atoms with E-state index in [1.165, 1.54) is 12.8 Å². The molecule has 2 rings (SSSR count). The van der Waals surface area contributed by atoms with Crippen LogP contribution >= 0.6 is 0 Å². The van der Waals surface area contributed by atoms with Gasteiger partial charge in [-0.15, -0.1) is 0 Å². The van der Waals surface area contributed by atoms with E-state index in [4.69, 9.17) is 0 Å². The molecule has 0 aliphatic heterocycles. The number of rotatable bonds is 1. The maximum Gasteiger partial charge on any atom is 0.0682 e. The van der Waals surface area contributed by atoms with Crippen molar-refractivity contribution < 1.29 is 5.11 Å². The molecule has 0 aromatic heterocycles. The van der Waals surface area contributed by atoms with Gasteiger partial charge in [0.15, 0.2) is 0 Å². The lowest BCUT2D eigenvalue weighted by atomic mass is 9.57. The number of aliphatic hydroxyl groups is 1. The summed E-state index contributed by atoms with van der Waals surface area (Å²) in [7, 11) is 0. The van der Waals surface area contributed by atoms with Crippen LogP contribution in [0.5, 0.6) is 0 Å². The van der Waals surface area contributed by atoms with Crippen molar-refractivity contribution >= 4 is 0 Å². The van der Waals surface area contributed by atoms with Crippen LogP contribution in [0.1, 0.15) is 59.8 Å². The third-order valence-electron chi connectivity index (χ3n) is 5.44. The lowest BCUT2D eigenvalue weighted by Gasteiger charge is -2.49. The molecule has 0 amide bonds. The molecule has 92 valence electrons. The van der Waals surface area contributed by atoms with E-state index in [-0.39, 0.29) is 0 Å². The molecule has 0 spiro atoms. The molecular weight excluding hydrogens is 196 g/mol. The van der Waals surface area contributed by atoms with E-state index in [0.29, 0.717) is 11.3 Å². The topological polar surface area (TPSA) is 20.2 Å². The molecule has 1 N–H and O–H groups in total. The van der Waals surface area contributed by atoms with Crippen LogP contribution in [0.25, 0.3) is 0 Å². The highest BCUT2D eigenvalue weighted by atomic mass is 16.3. The highest BCUT2D eigenvalue weighted by molar-refractivity contribution is 5.21. The predicted octanol–water partition coefficient (Wildman–Crippen LogP) is 3.92. The molecule has 1 saturated carbocycles. The van der Waals surface area contributed by atoms with Gasteiger partial charge >= 0.3 is 0 Å². The monoisotopic (exact) mass is 222 g/mol. The van der Waals surface area contributed by atoms with Crippen molar-refractivity contribution in [1.82, 2.24) is 0 Å². The third-order valence-corrected chi connectivity index (χ3v) is 5.44. The molecule has 2 aliphatic rings. The Hall–Kier alpha value is -0.300. The molecule has 2 aliphatic carbocycles. The predicted molar refractivity (Wildman–Crippen MR) is 68.2 cm³/mol. The van der Waals surface area contributed by atoms with Crippen molar-refractivity contribution in [2.24, 2.45) is 17.3 Å². The van der Waals surface area contributed by atoms with Crippen molar-refractivity contribution in [3.05, 3.63) is 11.6 Å². The fourth-order valence-electron chi connectivity index (χ4n) is 3.53. The maximum atomic E-state index is 10.4. The molecule has 0 aromatic rings. The zero-order valence-corrected chi connectivity index (χ0v) is 11.2. The Morgan fingerprint density at radius 3 is 2.75 bits per heavy atom. The summed E-state index contributed by atoms with van der Waals surface area (Å²) < 4.78 is 0. The first-order valence-electron chi connectivity index (χ1n) is 6.80. The summed E-state index contributed by atoms with van der Waals surface area (Å²) in [5.41, 5.74) is 1.55. The van der Waals surface area contributed by atoms with Gasteiger partial charge in [-0.05, 0) is 49.4 Å². The molecule has 0 radical (unpaired) electrons. The minimum absolute atomic E-state index is 0.404. The van der Waals surface area contributed by atoms with Gasteiger partial charge in [-0.2, -0.15) is 0 Å². The van der Waals surface area contributed by atoms with Crippen LogP contribution < -0.4 is 0 Å². The van der Waals surface area contributed by atoms with E-state index < -0.39 is 5.60 Å². The van der Waals surface area contributed by atoms with Gasteiger partial charge in [-0.25, -0.2) is 0 Å². The van der Waals surface area contributed by atoms with Crippen LogP contribution in [0.3, 0.4) is 0 Å². The number of fused-ring (bicyclic) bond motifs is 1. The maximum absolute atomic E-state index is 10.4. The first kappa shape index (κ1) is 12.2. The molecule has 0 bridgehead atoms. The van der Waals surface area contributed by atoms with E-state index >= 15 is 0 Å². The van der Waals surface area contributed by atoms with Crippen molar-refractivity contribution in [3.63, 3.8) is 0 Å². The Kier molecular flexibility index (Phi) is 2.94. The van der Waals surface area contributed by atoms with Gasteiger partial charge in [0.1, 0.15) is 0 Å². The summed E-state index contributed by atoms with van der Waals surface area (Å²) in [6, 6.07) is 0. The van der Waals surface area contributed by atoms with Crippen LogP contribution in [0.15, 0.2) is 11.6 Å². The Balaban J connectivity index is 2.23. The second-order valence-electron chi connectivity index (χ2n) is 6.58. The molecule has 0 saturated heterocycles.